The van der Waals surface area contributed by atoms with Gasteiger partial charge in [0.05, 0.1) is 12.8 Å². The van der Waals surface area contributed by atoms with Crippen molar-refractivity contribution < 1.29 is 9.53 Å². The number of hydrogen-bond acceptors (Lipinski definition) is 3. The third-order valence-corrected chi connectivity index (χ3v) is 5.27. The molecule has 0 aliphatic heterocycles. The second kappa shape index (κ2) is 12.1. The molecule has 0 atom stereocenters. The summed E-state index contributed by atoms with van der Waals surface area (Å²) in [5.74, 6) is 3.05. The Bertz CT molecular complexity index is 658. The van der Waals surface area contributed by atoms with Crippen LogP contribution < -0.4 is 15.4 Å². The maximum Gasteiger partial charge on any atom is 0.221 e. The fourth-order valence-corrected chi connectivity index (χ4v) is 3.70. The van der Waals surface area contributed by atoms with E-state index >= 15 is 0 Å². The van der Waals surface area contributed by atoms with Gasteiger partial charge in [0, 0.05) is 34.1 Å². The SMILES string of the molecule is CN=C(NCc1ccc(OC)c(NC(C)=O)c1)N(C)CC1CCC(C)CC1.I. The molecule has 0 saturated heterocycles. The second-order valence-corrected chi connectivity index (χ2v) is 7.62. The number of anilines is 1. The third-order valence-electron chi connectivity index (χ3n) is 5.27. The van der Waals surface area contributed by atoms with Crippen LogP contribution in [0.1, 0.15) is 45.1 Å². The van der Waals surface area contributed by atoms with Crippen molar-refractivity contribution in [2.24, 2.45) is 16.8 Å². The van der Waals surface area contributed by atoms with Crippen LogP contribution >= 0.6 is 24.0 Å². The molecule has 0 unspecified atom stereocenters. The van der Waals surface area contributed by atoms with Gasteiger partial charge in [0.25, 0.3) is 0 Å². The number of ether oxygens (including phenoxy) is 1. The van der Waals surface area contributed by atoms with Gasteiger partial charge in [-0.25, -0.2) is 0 Å². The van der Waals surface area contributed by atoms with Gasteiger partial charge in [0.2, 0.25) is 5.91 Å². The van der Waals surface area contributed by atoms with Crippen LogP contribution in [0.15, 0.2) is 23.2 Å². The maximum absolute atomic E-state index is 11.4. The number of benzene rings is 1. The maximum atomic E-state index is 11.4. The number of methoxy groups -OCH3 is 1. The molecule has 1 amide bonds. The molecular weight excluding hydrogens is 467 g/mol. The quantitative estimate of drug-likeness (QED) is 0.349. The van der Waals surface area contributed by atoms with Crippen molar-refractivity contribution >= 4 is 41.5 Å². The normalized spacial score (nSPS) is 19.4. The monoisotopic (exact) mass is 502 g/mol. The Labute approximate surface area is 186 Å². The molecule has 158 valence electrons. The Morgan fingerprint density at radius 3 is 2.54 bits per heavy atom. The Hall–Kier alpha value is -1.51. The molecule has 1 saturated carbocycles. The molecule has 2 N–H and O–H groups in total. The van der Waals surface area contributed by atoms with Crippen molar-refractivity contribution in [2.45, 2.75) is 46.1 Å². The Morgan fingerprint density at radius 1 is 1.29 bits per heavy atom. The summed E-state index contributed by atoms with van der Waals surface area (Å²) < 4.78 is 5.31. The highest BCUT2D eigenvalue weighted by Crippen LogP contribution is 2.28. The summed E-state index contributed by atoms with van der Waals surface area (Å²) >= 11 is 0. The predicted octanol–water partition coefficient (Wildman–Crippen LogP) is 4.11. The first-order valence-corrected chi connectivity index (χ1v) is 9.79. The molecule has 1 fully saturated rings. The van der Waals surface area contributed by atoms with E-state index in [9.17, 15) is 4.79 Å². The minimum atomic E-state index is -0.115. The average Bonchev–Trinajstić information content (AvgIpc) is 2.64. The van der Waals surface area contributed by atoms with E-state index in [2.05, 4.69) is 34.5 Å². The van der Waals surface area contributed by atoms with Crippen molar-refractivity contribution in [1.82, 2.24) is 10.2 Å². The van der Waals surface area contributed by atoms with Gasteiger partial charge in [0.1, 0.15) is 5.75 Å². The van der Waals surface area contributed by atoms with E-state index in [4.69, 9.17) is 4.74 Å². The summed E-state index contributed by atoms with van der Waals surface area (Å²) in [5, 5.41) is 6.24. The van der Waals surface area contributed by atoms with Crippen molar-refractivity contribution in [1.29, 1.82) is 0 Å². The van der Waals surface area contributed by atoms with Crippen LogP contribution in [-0.4, -0.2) is 44.5 Å². The first kappa shape index (κ1) is 24.5. The van der Waals surface area contributed by atoms with Gasteiger partial charge >= 0.3 is 0 Å². The summed E-state index contributed by atoms with van der Waals surface area (Å²) in [4.78, 5) is 18.0. The summed E-state index contributed by atoms with van der Waals surface area (Å²) in [5.41, 5.74) is 1.74. The molecule has 2 rings (SSSR count). The third kappa shape index (κ3) is 7.48. The molecular formula is C21H35IN4O2. The number of guanidine groups is 1. The largest absolute Gasteiger partial charge is 0.495 e. The molecule has 7 heteroatoms. The highest BCUT2D eigenvalue weighted by molar-refractivity contribution is 14.0. The molecule has 1 aromatic rings. The van der Waals surface area contributed by atoms with Crippen LogP contribution in [0.3, 0.4) is 0 Å². The second-order valence-electron chi connectivity index (χ2n) is 7.62. The Balaban J connectivity index is 0.00000392. The number of aliphatic imine (C=N–C) groups is 1. The minimum absolute atomic E-state index is 0. The van der Waals surface area contributed by atoms with Crippen LogP contribution in [0.2, 0.25) is 0 Å². The smallest absolute Gasteiger partial charge is 0.221 e. The summed E-state index contributed by atoms with van der Waals surface area (Å²) in [6.45, 7) is 5.51. The zero-order valence-corrected chi connectivity index (χ0v) is 20.1. The summed E-state index contributed by atoms with van der Waals surface area (Å²) in [6, 6.07) is 5.80. The highest BCUT2D eigenvalue weighted by atomic mass is 127. The van der Waals surface area contributed by atoms with Gasteiger partial charge in [-0.3, -0.25) is 9.79 Å². The molecule has 0 radical (unpaired) electrons. The molecule has 0 bridgehead atoms. The lowest BCUT2D eigenvalue weighted by atomic mass is 9.83. The van der Waals surface area contributed by atoms with E-state index in [0.717, 1.165) is 29.9 Å². The molecule has 1 aliphatic carbocycles. The van der Waals surface area contributed by atoms with Crippen molar-refractivity contribution in [3.8, 4) is 5.75 Å². The first-order chi connectivity index (χ1) is 12.9. The number of nitrogens with zero attached hydrogens (tertiary/aromatic N) is 2. The lowest BCUT2D eigenvalue weighted by Gasteiger charge is -2.31. The molecule has 6 nitrogen and oxygen atoms in total. The molecule has 0 heterocycles. The molecule has 28 heavy (non-hydrogen) atoms. The van der Waals surface area contributed by atoms with Crippen molar-refractivity contribution in [3.63, 3.8) is 0 Å². The number of carbonyl (C=O) groups is 1. The standard InChI is InChI=1S/C21H34N4O2.HI/c1-15-6-8-17(9-7-15)14-25(4)21(22-3)23-13-18-10-11-20(27-5)19(12-18)24-16(2)26;/h10-12,15,17H,6-9,13-14H2,1-5H3,(H,22,23)(H,24,26);1H. The van der Waals surface area contributed by atoms with E-state index in [0.29, 0.717) is 18.0 Å². The fourth-order valence-electron chi connectivity index (χ4n) is 3.70. The van der Waals surface area contributed by atoms with Gasteiger partial charge in [-0.05, 0) is 42.4 Å². The topological polar surface area (TPSA) is 66.0 Å². The number of halogens is 1. The van der Waals surface area contributed by atoms with Crippen LogP contribution in [0.5, 0.6) is 5.75 Å². The lowest BCUT2D eigenvalue weighted by Crippen LogP contribution is -2.41. The van der Waals surface area contributed by atoms with Gasteiger partial charge in [0.15, 0.2) is 5.96 Å². The van der Waals surface area contributed by atoms with E-state index < -0.39 is 0 Å². The Kier molecular flexibility index (Phi) is 10.6. The van der Waals surface area contributed by atoms with Gasteiger partial charge in [-0.1, -0.05) is 25.8 Å². The molecule has 0 aromatic heterocycles. The predicted molar refractivity (Wildman–Crippen MR) is 127 cm³/mol. The van der Waals surface area contributed by atoms with E-state index in [1.165, 1.54) is 32.6 Å². The highest BCUT2D eigenvalue weighted by Gasteiger charge is 2.20. The van der Waals surface area contributed by atoms with Gasteiger partial charge in [-0.2, -0.15) is 0 Å². The summed E-state index contributed by atoms with van der Waals surface area (Å²) in [6.07, 6.45) is 5.28. The minimum Gasteiger partial charge on any atom is -0.495 e. The first-order valence-electron chi connectivity index (χ1n) is 9.79. The van der Waals surface area contributed by atoms with E-state index in [1.807, 2.05) is 25.2 Å². The molecule has 1 aliphatic rings. The van der Waals surface area contributed by atoms with Crippen LogP contribution in [0.25, 0.3) is 0 Å². The zero-order valence-electron chi connectivity index (χ0n) is 17.7. The number of hydrogen-bond donors (Lipinski definition) is 2. The zero-order chi connectivity index (χ0) is 19.8. The van der Waals surface area contributed by atoms with Crippen molar-refractivity contribution in [2.75, 3.05) is 33.1 Å². The molecule has 1 aromatic carbocycles. The number of amides is 1. The van der Waals surface area contributed by atoms with E-state index in [1.54, 1.807) is 7.11 Å². The number of rotatable bonds is 6. The van der Waals surface area contributed by atoms with E-state index in [-0.39, 0.29) is 29.9 Å². The number of carbonyl (C=O) groups excluding carboxylic acids is 1. The van der Waals surface area contributed by atoms with Gasteiger partial charge in [-0.15, -0.1) is 24.0 Å². The van der Waals surface area contributed by atoms with Crippen LogP contribution in [0, 0.1) is 11.8 Å². The van der Waals surface area contributed by atoms with Crippen LogP contribution in [-0.2, 0) is 11.3 Å². The lowest BCUT2D eigenvalue weighted by molar-refractivity contribution is -0.114. The number of nitrogens with one attached hydrogen (secondary N) is 2. The molecule has 0 spiro atoms. The van der Waals surface area contributed by atoms with Gasteiger partial charge < -0.3 is 20.3 Å². The Morgan fingerprint density at radius 2 is 1.96 bits per heavy atom. The fraction of sp³-hybridized carbons (Fsp3) is 0.619. The van der Waals surface area contributed by atoms with Crippen molar-refractivity contribution in [3.05, 3.63) is 23.8 Å². The summed E-state index contributed by atoms with van der Waals surface area (Å²) in [7, 11) is 5.52. The van der Waals surface area contributed by atoms with Crippen LogP contribution in [0.4, 0.5) is 5.69 Å². The average molecular weight is 502 g/mol.